The van der Waals surface area contributed by atoms with Crippen molar-refractivity contribution in [2.75, 3.05) is 13.1 Å². The molecule has 5 heteroatoms. The fourth-order valence-electron chi connectivity index (χ4n) is 3.34. The molecule has 3 aromatic rings. The molecule has 0 fully saturated rings. The van der Waals surface area contributed by atoms with Crippen molar-refractivity contribution in [1.29, 1.82) is 0 Å². The molecule has 4 nitrogen and oxygen atoms in total. The molecule has 0 aliphatic rings. The summed E-state index contributed by atoms with van der Waals surface area (Å²) in [6, 6.07) is 11.9. The lowest BCUT2D eigenvalue weighted by molar-refractivity contribution is 0.163. The van der Waals surface area contributed by atoms with Gasteiger partial charge in [-0.2, -0.15) is 5.10 Å². The lowest BCUT2D eigenvalue weighted by atomic mass is 10.1. The molecule has 2 aromatic heterocycles. The van der Waals surface area contributed by atoms with E-state index < -0.39 is 0 Å². The van der Waals surface area contributed by atoms with Gasteiger partial charge in [-0.15, -0.1) is 11.3 Å². The monoisotopic (exact) mass is 369 g/mol. The van der Waals surface area contributed by atoms with E-state index in [1.807, 2.05) is 35.7 Å². The van der Waals surface area contributed by atoms with Gasteiger partial charge in [-0.25, -0.2) is 4.68 Å². The minimum absolute atomic E-state index is 0.0154. The topological polar surface area (TPSA) is 38.1 Å². The smallest absolute Gasteiger partial charge is 0.275 e. The summed E-state index contributed by atoms with van der Waals surface area (Å²) in [5.74, 6) is 1.09. The van der Waals surface area contributed by atoms with Crippen molar-refractivity contribution in [1.82, 2.24) is 14.7 Å². The third-order valence-corrected chi connectivity index (χ3v) is 5.08. The lowest BCUT2D eigenvalue weighted by Crippen LogP contribution is -2.38. The number of benzene rings is 1. The molecule has 1 aromatic carbocycles. The number of aromatic nitrogens is 2. The van der Waals surface area contributed by atoms with Crippen LogP contribution in [0.1, 0.15) is 27.7 Å². The van der Waals surface area contributed by atoms with Crippen LogP contribution in [0.25, 0.3) is 21.3 Å². The van der Waals surface area contributed by atoms with Gasteiger partial charge in [-0.3, -0.25) is 9.69 Å². The van der Waals surface area contributed by atoms with Gasteiger partial charge in [0.05, 0.1) is 16.9 Å². The molecule has 0 bridgehead atoms. The van der Waals surface area contributed by atoms with Gasteiger partial charge >= 0.3 is 0 Å². The van der Waals surface area contributed by atoms with Gasteiger partial charge in [0.25, 0.3) is 5.56 Å². The Bertz CT molecular complexity index is 903. The number of fused-ring (bicyclic) bond motifs is 1. The summed E-state index contributed by atoms with van der Waals surface area (Å²) in [7, 11) is 0. The maximum atomic E-state index is 13.0. The summed E-state index contributed by atoms with van der Waals surface area (Å²) in [6.07, 6.45) is 0. The Morgan fingerprint density at radius 3 is 2.23 bits per heavy atom. The van der Waals surface area contributed by atoms with E-state index >= 15 is 0 Å². The van der Waals surface area contributed by atoms with Gasteiger partial charge in [-0.1, -0.05) is 52.0 Å². The van der Waals surface area contributed by atoms with Gasteiger partial charge in [-0.05, 0) is 29.3 Å². The van der Waals surface area contributed by atoms with Crippen molar-refractivity contribution >= 4 is 22.1 Å². The highest BCUT2D eigenvalue weighted by atomic mass is 32.1. The maximum Gasteiger partial charge on any atom is 0.275 e. The number of thiophene rings is 1. The highest BCUT2D eigenvalue weighted by molar-refractivity contribution is 7.13. The zero-order valence-corrected chi connectivity index (χ0v) is 16.8. The number of hydrogen-bond donors (Lipinski definition) is 0. The number of rotatable bonds is 7. The highest BCUT2D eigenvalue weighted by Crippen LogP contribution is 2.28. The third-order valence-electron chi connectivity index (χ3n) is 4.20. The van der Waals surface area contributed by atoms with E-state index in [9.17, 15) is 4.79 Å². The van der Waals surface area contributed by atoms with Crippen LogP contribution in [0.4, 0.5) is 0 Å². The largest absolute Gasteiger partial charge is 0.284 e. The van der Waals surface area contributed by atoms with E-state index in [2.05, 4.69) is 38.7 Å². The second-order valence-corrected chi connectivity index (χ2v) is 8.59. The van der Waals surface area contributed by atoms with Crippen molar-refractivity contribution in [2.24, 2.45) is 11.8 Å². The molecule has 138 valence electrons. The van der Waals surface area contributed by atoms with Crippen LogP contribution in [0.15, 0.2) is 46.6 Å². The molecule has 0 aliphatic carbocycles. The van der Waals surface area contributed by atoms with Crippen LogP contribution >= 0.6 is 11.3 Å². The van der Waals surface area contributed by atoms with E-state index in [-0.39, 0.29) is 5.56 Å². The van der Waals surface area contributed by atoms with Gasteiger partial charge in [0, 0.05) is 18.5 Å². The Kier molecular flexibility index (Phi) is 5.89. The molecule has 0 unspecified atom stereocenters. The molecule has 0 aliphatic heterocycles. The first-order chi connectivity index (χ1) is 12.5. The number of hydrogen-bond acceptors (Lipinski definition) is 4. The van der Waals surface area contributed by atoms with E-state index in [0.717, 1.165) is 34.4 Å². The predicted octanol–water partition coefficient (Wildman–Crippen LogP) is 4.70. The molecule has 0 amide bonds. The molecule has 0 atom stereocenters. The average molecular weight is 370 g/mol. The molecule has 0 saturated carbocycles. The summed E-state index contributed by atoms with van der Waals surface area (Å²) in [6.45, 7) is 11.3. The maximum absolute atomic E-state index is 13.0. The molecular formula is C21H27N3OS. The lowest BCUT2D eigenvalue weighted by Gasteiger charge is -2.26. The average Bonchev–Trinajstić information content (AvgIpc) is 3.10. The van der Waals surface area contributed by atoms with Crippen LogP contribution in [0.3, 0.4) is 0 Å². The van der Waals surface area contributed by atoms with Crippen LogP contribution in [-0.4, -0.2) is 27.8 Å². The fourth-order valence-corrected chi connectivity index (χ4v) is 4.06. The van der Waals surface area contributed by atoms with E-state index in [1.165, 1.54) is 0 Å². The normalized spacial score (nSPS) is 12.0. The first-order valence-electron chi connectivity index (χ1n) is 9.21. The SMILES string of the molecule is CC(C)CN(CC(C)C)Cn1nc(-c2cccs2)c2ccccc2c1=O. The Labute approximate surface area is 159 Å². The molecule has 0 saturated heterocycles. The first-order valence-corrected chi connectivity index (χ1v) is 10.1. The van der Waals surface area contributed by atoms with Crippen molar-refractivity contribution in [3.63, 3.8) is 0 Å². The van der Waals surface area contributed by atoms with Gasteiger partial charge < -0.3 is 0 Å². The molecule has 0 radical (unpaired) electrons. The Hall–Kier alpha value is -1.98. The van der Waals surface area contributed by atoms with Crippen LogP contribution in [0.5, 0.6) is 0 Å². The Morgan fingerprint density at radius 2 is 1.65 bits per heavy atom. The minimum atomic E-state index is -0.0154. The predicted molar refractivity (Wildman–Crippen MR) is 111 cm³/mol. The van der Waals surface area contributed by atoms with E-state index in [0.29, 0.717) is 18.5 Å². The number of nitrogens with zero attached hydrogens (tertiary/aromatic N) is 3. The molecule has 3 rings (SSSR count). The quantitative estimate of drug-likeness (QED) is 0.606. The molecular weight excluding hydrogens is 342 g/mol. The molecule has 26 heavy (non-hydrogen) atoms. The van der Waals surface area contributed by atoms with E-state index in [4.69, 9.17) is 5.10 Å². The minimum Gasteiger partial charge on any atom is -0.284 e. The van der Waals surface area contributed by atoms with Gasteiger partial charge in [0.15, 0.2) is 0 Å². The van der Waals surface area contributed by atoms with Crippen molar-refractivity contribution in [3.05, 3.63) is 52.1 Å². The second kappa shape index (κ2) is 8.14. The van der Waals surface area contributed by atoms with Crippen molar-refractivity contribution in [3.8, 4) is 10.6 Å². The van der Waals surface area contributed by atoms with Crippen molar-refractivity contribution < 1.29 is 0 Å². The van der Waals surface area contributed by atoms with Gasteiger partial charge in [0.1, 0.15) is 5.69 Å². The van der Waals surface area contributed by atoms with Crippen LogP contribution in [-0.2, 0) is 6.67 Å². The Balaban J connectivity index is 2.08. The van der Waals surface area contributed by atoms with E-state index in [1.54, 1.807) is 16.0 Å². The molecule has 0 N–H and O–H groups in total. The summed E-state index contributed by atoms with van der Waals surface area (Å²) < 4.78 is 1.64. The standard InChI is InChI=1S/C21H27N3OS/c1-15(2)12-23(13-16(3)4)14-24-21(25)18-9-6-5-8-17(18)20(22-24)19-10-7-11-26-19/h5-11,15-16H,12-14H2,1-4H3. The zero-order chi connectivity index (χ0) is 18.7. The summed E-state index contributed by atoms with van der Waals surface area (Å²) in [5, 5.41) is 8.48. The summed E-state index contributed by atoms with van der Waals surface area (Å²) >= 11 is 1.65. The third kappa shape index (κ3) is 4.22. The summed E-state index contributed by atoms with van der Waals surface area (Å²) in [5.41, 5.74) is 0.877. The highest BCUT2D eigenvalue weighted by Gasteiger charge is 2.16. The van der Waals surface area contributed by atoms with Crippen LogP contribution < -0.4 is 5.56 Å². The second-order valence-electron chi connectivity index (χ2n) is 7.64. The molecule has 0 spiro atoms. The van der Waals surface area contributed by atoms with Gasteiger partial charge in [0.2, 0.25) is 0 Å². The van der Waals surface area contributed by atoms with Crippen LogP contribution in [0, 0.1) is 11.8 Å². The first kappa shape index (κ1) is 18.8. The summed E-state index contributed by atoms with van der Waals surface area (Å²) in [4.78, 5) is 16.5. The molecule has 2 heterocycles. The fraction of sp³-hybridized carbons (Fsp3) is 0.429. The zero-order valence-electron chi connectivity index (χ0n) is 16.0. The van der Waals surface area contributed by atoms with Crippen molar-refractivity contribution in [2.45, 2.75) is 34.4 Å². The Morgan fingerprint density at radius 1 is 1.00 bits per heavy atom. The van der Waals surface area contributed by atoms with Crippen LogP contribution in [0.2, 0.25) is 0 Å².